The second-order valence-corrected chi connectivity index (χ2v) is 25.0. The molecule has 0 saturated carbocycles. The third-order valence-electron chi connectivity index (χ3n) is 16.0. The van der Waals surface area contributed by atoms with Crippen LogP contribution >= 0.6 is 11.3 Å². The van der Waals surface area contributed by atoms with Crippen molar-refractivity contribution in [1.82, 2.24) is 4.57 Å². The highest BCUT2D eigenvalue weighted by molar-refractivity contribution is 7.33. The monoisotopic (exact) mass is 925 g/mol. The number of fused-ring (bicyclic) bond motifs is 12. The van der Waals surface area contributed by atoms with Gasteiger partial charge in [-0.1, -0.05) is 173 Å². The molecule has 0 spiro atoms. The third kappa shape index (κ3) is 6.19. The average molecular weight is 926 g/mol. The molecule has 0 unspecified atom stereocenters. The molecular weight excluding hydrogens is 866 g/mol. The highest BCUT2D eigenvalue weighted by atomic mass is 32.1. The van der Waals surface area contributed by atoms with Gasteiger partial charge in [0.1, 0.15) is 0 Å². The lowest BCUT2D eigenvalue weighted by atomic mass is 9.36. The molecule has 0 saturated heterocycles. The number of thiophene rings is 1. The summed E-state index contributed by atoms with van der Waals surface area (Å²) in [5, 5.41) is 3.83. The second kappa shape index (κ2) is 14.6. The van der Waals surface area contributed by atoms with Gasteiger partial charge in [0.25, 0.3) is 6.71 Å². The molecule has 70 heavy (non-hydrogen) atoms. The molecule has 0 atom stereocenters. The third-order valence-corrected chi connectivity index (χ3v) is 17.2. The fraction of sp³-hybridized carbons (Fsp3) is 0.231. The Hall–Kier alpha value is -6.82. The summed E-state index contributed by atoms with van der Waals surface area (Å²) in [5.74, 6) is 0. The molecule has 2 aliphatic heterocycles. The molecule has 0 radical (unpaired) electrons. The summed E-state index contributed by atoms with van der Waals surface area (Å²) >= 11 is 2.01. The summed E-state index contributed by atoms with van der Waals surface area (Å²) < 4.78 is 5.26. The van der Waals surface area contributed by atoms with Crippen molar-refractivity contribution in [3.8, 4) is 16.8 Å². The quantitative estimate of drug-likeness (QED) is 0.164. The van der Waals surface area contributed by atoms with Gasteiger partial charge in [-0.15, -0.1) is 11.3 Å². The van der Waals surface area contributed by atoms with E-state index in [1.54, 1.807) is 0 Å². The molecule has 344 valence electrons. The first-order valence-electron chi connectivity index (χ1n) is 25.2. The number of benzene rings is 8. The zero-order chi connectivity index (χ0) is 48.4. The van der Waals surface area contributed by atoms with Gasteiger partial charge in [-0.05, 0) is 133 Å². The molecule has 13 rings (SSSR count). The van der Waals surface area contributed by atoms with Gasteiger partial charge in [0.05, 0.1) is 22.4 Å². The van der Waals surface area contributed by atoms with Crippen molar-refractivity contribution in [3.05, 3.63) is 192 Å². The van der Waals surface area contributed by atoms with Crippen LogP contribution in [0.2, 0.25) is 0 Å². The Labute approximate surface area is 418 Å². The number of rotatable bonds is 3. The summed E-state index contributed by atoms with van der Waals surface area (Å²) in [6.45, 7) is 25.7. The van der Waals surface area contributed by atoms with Gasteiger partial charge in [-0.25, -0.2) is 0 Å². The van der Waals surface area contributed by atoms with Gasteiger partial charge in [0.15, 0.2) is 0 Å². The lowest BCUT2D eigenvalue weighted by Gasteiger charge is -2.44. The van der Waals surface area contributed by atoms with E-state index in [0.717, 1.165) is 5.69 Å². The molecule has 3 nitrogen and oxygen atoms in total. The van der Waals surface area contributed by atoms with Crippen molar-refractivity contribution in [2.75, 3.05) is 9.80 Å². The zero-order valence-electron chi connectivity index (χ0n) is 42.4. The van der Waals surface area contributed by atoms with E-state index in [1.165, 1.54) is 121 Å². The predicted octanol–water partition coefficient (Wildman–Crippen LogP) is 16.3. The topological polar surface area (TPSA) is 11.4 Å². The molecule has 2 aromatic heterocycles. The molecule has 0 bridgehead atoms. The SMILES string of the molecule is CC(C)(C)c1ccc(N2c3ccc(C(C)(C)C)cc3B3c4sc5cc6c(cc5c4N(c4ccc(C(C)(C)C)cc4)c4cc(-n5c7ccccc7c7ccccc75)cc2c43)-c2ccccc2C6(C)C)cc1. The maximum atomic E-state index is 2.66. The van der Waals surface area contributed by atoms with Crippen LogP contribution in [0.15, 0.2) is 164 Å². The van der Waals surface area contributed by atoms with E-state index in [-0.39, 0.29) is 28.4 Å². The minimum atomic E-state index is -0.109. The van der Waals surface area contributed by atoms with Crippen LogP contribution in [0.4, 0.5) is 34.1 Å². The van der Waals surface area contributed by atoms with Crippen LogP contribution in [-0.2, 0) is 21.7 Å². The first kappa shape index (κ1) is 43.2. The van der Waals surface area contributed by atoms with E-state index in [4.69, 9.17) is 0 Å². The first-order valence-corrected chi connectivity index (χ1v) is 26.0. The van der Waals surface area contributed by atoms with Gasteiger partial charge < -0.3 is 14.4 Å². The summed E-state index contributed by atoms with van der Waals surface area (Å²) in [6.07, 6.45) is 0. The van der Waals surface area contributed by atoms with Crippen molar-refractivity contribution in [1.29, 1.82) is 0 Å². The van der Waals surface area contributed by atoms with Crippen LogP contribution in [0.3, 0.4) is 0 Å². The van der Waals surface area contributed by atoms with E-state index in [0.29, 0.717) is 0 Å². The normalized spacial score (nSPS) is 14.8. The second-order valence-electron chi connectivity index (χ2n) is 23.9. The molecule has 10 aromatic rings. The van der Waals surface area contributed by atoms with Crippen molar-refractivity contribution in [2.45, 2.75) is 97.8 Å². The van der Waals surface area contributed by atoms with Gasteiger partial charge >= 0.3 is 0 Å². The highest BCUT2D eigenvalue weighted by Gasteiger charge is 2.47. The number of para-hydroxylation sites is 2. The Morgan fingerprint density at radius 1 is 0.443 bits per heavy atom. The first-order chi connectivity index (χ1) is 33.4. The minimum Gasteiger partial charge on any atom is -0.311 e. The van der Waals surface area contributed by atoms with E-state index in [1.807, 2.05) is 11.3 Å². The van der Waals surface area contributed by atoms with Gasteiger partial charge in [0, 0.05) is 59.5 Å². The molecule has 1 aliphatic carbocycles. The minimum absolute atomic E-state index is 0.00719. The smallest absolute Gasteiger partial charge is 0.264 e. The van der Waals surface area contributed by atoms with Gasteiger partial charge in [-0.3, -0.25) is 0 Å². The van der Waals surface area contributed by atoms with Crippen molar-refractivity contribution < 1.29 is 0 Å². The van der Waals surface area contributed by atoms with Gasteiger partial charge in [0.2, 0.25) is 0 Å². The molecule has 4 heterocycles. The maximum absolute atomic E-state index is 2.66. The van der Waals surface area contributed by atoms with Gasteiger partial charge in [-0.2, -0.15) is 0 Å². The summed E-state index contributed by atoms with van der Waals surface area (Å²) in [4.78, 5) is 5.25. The van der Waals surface area contributed by atoms with E-state index in [9.17, 15) is 0 Å². The van der Waals surface area contributed by atoms with E-state index < -0.39 is 0 Å². The number of nitrogens with zero attached hydrogens (tertiary/aromatic N) is 3. The van der Waals surface area contributed by atoms with Crippen molar-refractivity contribution in [2.24, 2.45) is 0 Å². The summed E-state index contributed by atoms with van der Waals surface area (Å²) in [7, 11) is 0. The van der Waals surface area contributed by atoms with Crippen LogP contribution in [0.5, 0.6) is 0 Å². The summed E-state index contributed by atoms with van der Waals surface area (Å²) in [5.41, 5.74) is 23.0. The molecule has 0 amide bonds. The van der Waals surface area contributed by atoms with E-state index in [2.05, 4.69) is 254 Å². The molecule has 0 N–H and O–H groups in total. The van der Waals surface area contributed by atoms with Crippen LogP contribution in [0, 0.1) is 0 Å². The lowest BCUT2D eigenvalue weighted by Crippen LogP contribution is -2.60. The zero-order valence-corrected chi connectivity index (χ0v) is 43.2. The van der Waals surface area contributed by atoms with Crippen LogP contribution in [-0.4, -0.2) is 11.3 Å². The number of hydrogen-bond acceptors (Lipinski definition) is 3. The van der Waals surface area contributed by atoms with E-state index >= 15 is 0 Å². The predicted molar refractivity (Wildman–Crippen MR) is 304 cm³/mol. The molecular formula is C65H60BN3S. The number of anilines is 6. The Morgan fingerprint density at radius 3 is 1.57 bits per heavy atom. The molecule has 8 aromatic carbocycles. The Morgan fingerprint density at radius 2 is 0.971 bits per heavy atom. The standard InChI is InChI=1S/C65H60BN3S/c1-62(2,3)39-24-29-42(30-25-39)67-55-33-28-41(64(7,8)9)34-52(55)66-59-56(67)35-44(68-53-22-16-13-19-46(53)47-20-14-17-23-54(47)68)36-57(59)69(43-31-26-40(27-32-43)63(4,5)6)60-49-37-48-45-18-12-15-21-50(45)65(10,11)51(48)38-58(49)70-61(60)66/h12-38H,1-11H3. The van der Waals surface area contributed by atoms with Crippen LogP contribution in [0.25, 0.3) is 48.7 Å². The fourth-order valence-electron chi connectivity index (χ4n) is 12.2. The molecule has 3 aliphatic rings. The maximum Gasteiger partial charge on any atom is 0.264 e. The van der Waals surface area contributed by atoms with Crippen molar-refractivity contribution >= 4 is 99.8 Å². The fourth-order valence-corrected chi connectivity index (χ4v) is 13.6. The van der Waals surface area contributed by atoms with Crippen LogP contribution in [0.1, 0.15) is 104 Å². The van der Waals surface area contributed by atoms with Crippen LogP contribution < -0.4 is 25.5 Å². The molecule has 0 fully saturated rings. The lowest BCUT2D eigenvalue weighted by molar-refractivity contribution is 0.590. The molecule has 5 heteroatoms. The highest BCUT2D eigenvalue weighted by Crippen LogP contribution is 2.54. The Bertz CT molecular complexity index is 3760. The number of aromatic nitrogens is 1. The Kier molecular flexibility index (Phi) is 9.03. The van der Waals surface area contributed by atoms with Crippen molar-refractivity contribution in [3.63, 3.8) is 0 Å². The summed E-state index contributed by atoms with van der Waals surface area (Å²) in [6, 6.07) is 63.4. The Balaban J connectivity index is 1.19. The largest absolute Gasteiger partial charge is 0.311 e. The average Bonchev–Trinajstić information content (AvgIpc) is 3.95. The number of hydrogen-bond donors (Lipinski definition) is 0.